The number of amides is 1. The third kappa shape index (κ3) is 5.57. The lowest BCUT2D eigenvalue weighted by Gasteiger charge is -2.24. The molecule has 1 atom stereocenters. The van der Waals surface area contributed by atoms with Crippen molar-refractivity contribution in [1.82, 2.24) is 9.21 Å². The summed E-state index contributed by atoms with van der Waals surface area (Å²) in [5.41, 5.74) is 0.761. The maximum Gasteiger partial charge on any atom is 0.339 e. The highest BCUT2D eigenvalue weighted by Crippen LogP contribution is 2.21. The first-order chi connectivity index (χ1) is 13.7. The minimum absolute atomic E-state index is 0.0465. The number of likely N-dealkylation sites (tertiary alicyclic amines) is 1. The monoisotopic (exact) mass is 424 g/mol. The molecule has 0 unspecified atom stereocenters. The van der Waals surface area contributed by atoms with Gasteiger partial charge in [0, 0.05) is 26.2 Å². The van der Waals surface area contributed by atoms with Crippen LogP contribution in [-0.2, 0) is 19.6 Å². The lowest BCUT2D eigenvalue weighted by Crippen LogP contribution is -2.40. The quantitative estimate of drug-likeness (QED) is 0.629. The molecular weight excluding hydrogens is 392 g/mol. The SMILES string of the molecule is CCN(CC)S(=O)(=O)c1ccc(C)c(C(=O)O[C@H](C)C(=O)N2CCCCCC2)c1. The van der Waals surface area contributed by atoms with Gasteiger partial charge in [-0.2, -0.15) is 4.31 Å². The fourth-order valence-corrected chi connectivity index (χ4v) is 5.00. The molecule has 1 aliphatic rings. The van der Waals surface area contributed by atoms with Crippen LogP contribution in [0.2, 0.25) is 0 Å². The van der Waals surface area contributed by atoms with Crippen molar-refractivity contribution in [3.8, 4) is 0 Å². The van der Waals surface area contributed by atoms with Gasteiger partial charge in [-0.05, 0) is 44.4 Å². The first kappa shape index (κ1) is 23.3. The second-order valence-electron chi connectivity index (χ2n) is 7.35. The van der Waals surface area contributed by atoms with Crippen LogP contribution in [0.5, 0.6) is 0 Å². The summed E-state index contributed by atoms with van der Waals surface area (Å²) in [4.78, 5) is 27.2. The van der Waals surface area contributed by atoms with E-state index in [4.69, 9.17) is 4.74 Å². The molecule has 1 aromatic rings. The summed E-state index contributed by atoms with van der Waals surface area (Å²) >= 11 is 0. The van der Waals surface area contributed by atoms with Crippen molar-refractivity contribution in [3.63, 3.8) is 0 Å². The Morgan fingerprint density at radius 2 is 1.69 bits per heavy atom. The Balaban J connectivity index is 2.19. The van der Waals surface area contributed by atoms with Gasteiger partial charge in [0.15, 0.2) is 6.10 Å². The maximum atomic E-state index is 12.8. The van der Waals surface area contributed by atoms with E-state index < -0.39 is 22.1 Å². The topological polar surface area (TPSA) is 84.0 Å². The predicted molar refractivity (Wildman–Crippen MR) is 111 cm³/mol. The van der Waals surface area contributed by atoms with Crippen LogP contribution in [-0.4, -0.2) is 61.8 Å². The molecule has 0 aromatic heterocycles. The number of sulfonamides is 1. The number of benzene rings is 1. The van der Waals surface area contributed by atoms with E-state index in [2.05, 4.69) is 0 Å². The number of aryl methyl sites for hydroxylation is 1. The van der Waals surface area contributed by atoms with Crippen molar-refractivity contribution in [3.05, 3.63) is 29.3 Å². The van der Waals surface area contributed by atoms with Gasteiger partial charge in [-0.1, -0.05) is 32.8 Å². The average molecular weight is 425 g/mol. The number of ether oxygens (including phenoxy) is 1. The molecular formula is C21H32N2O5S. The first-order valence-electron chi connectivity index (χ1n) is 10.3. The molecule has 7 nitrogen and oxygen atoms in total. The highest BCUT2D eigenvalue weighted by Gasteiger charge is 2.27. The summed E-state index contributed by atoms with van der Waals surface area (Å²) in [5, 5.41) is 0. The number of hydrogen-bond acceptors (Lipinski definition) is 5. The maximum absolute atomic E-state index is 12.8. The number of hydrogen-bond donors (Lipinski definition) is 0. The summed E-state index contributed by atoms with van der Waals surface area (Å²) in [6.45, 7) is 8.85. The van der Waals surface area contributed by atoms with Crippen LogP contribution in [0.4, 0.5) is 0 Å². The Kier molecular flexibility index (Phi) is 8.22. The molecule has 2 rings (SSSR count). The van der Waals surface area contributed by atoms with Gasteiger partial charge in [-0.3, -0.25) is 4.79 Å². The van der Waals surface area contributed by atoms with Crippen LogP contribution in [0.1, 0.15) is 62.4 Å². The van der Waals surface area contributed by atoms with E-state index in [9.17, 15) is 18.0 Å². The van der Waals surface area contributed by atoms with E-state index in [-0.39, 0.29) is 16.4 Å². The number of carbonyl (C=O) groups excluding carboxylic acids is 2. The molecule has 1 fully saturated rings. The molecule has 0 N–H and O–H groups in total. The Morgan fingerprint density at radius 3 is 2.24 bits per heavy atom. The van der Waals surface area contributed by atoms with Gasteiger partial charge >= 0.3 is 5.97 Å². The Hall–Kier alpha value is -1.93. The molecule has 0 saturated carbocycles. The zero-order valence-electron chi connectivity index (χ0n) is 17.8. The largest absolute Gasteiger partial charge is 0.449 e. The van der Waals surface area contributed by atoms with Crippen molar-refractivity contribution in [2.24, 2.45) is 0 Å². The van der Waals surface area contributed by atoms with Gasteiger partial charge in [0.2, 0.25) is 10.0 Å². The Bertz CT molecular complexity index is 825. The van der Waals surface area contributed by atoms with E-state index >= 15 is 0 Å². The van der Waals surface area contributed by atoms with Gasteiger partial charge < -0.3 is 9.64 Å². The van der Waals surface area contributed by atoms with E-state index in [1.54, 1.807) is 38.7 Å². The fraction of sp³-hybridized carbons (Fsp3) is 0.619. The fourth-order valence-electron chi connectivity index (χ4n) is 3.52. The Morgan fingerprint density at radius 1 is 1.10 bits per heavy atom. The minimum Gasteiger partial charge on any atom is -0.449 e. The predicted octanol–water partition coefficient (Wildman–Crippen LogP) is 2.97. The number of nitrogens with zero attached hydrogens (tertiary/aromatic N) is 2. The Labute approximate surface area is 174 Å². The highest BCUT2D eigenvalue weighted by atomic mass is 32.2. The zero-order chi connectivity index (χ0) is 21.6. The lowest BCUT2D eigenvalue weighted by molar-refractivity contribution is -0.139. The molecule has 29 heavy (non-hydrogen) atoms. The molecule has 0 bridgehead atoms. The molecule has 1 heterocycles. The summed E-state index contributed by atoms with van der Waals surface area (Å²) in [7, 11) is -3.69. The van der Waals surface area contributed by atoms with Crippen molar-refractivity contribution >= 4 is 21.9 Å². The van der Waals surface area contributed by atoms with Crippen molar-refractivity contribution in [2.45, 2.75) is 64.4 Å². The van der Waals surface area contributed by atoms with Gasteiger partial charge in [0.25, 0.3) is 5.91 Å². The summed E-state index contributed by atoms with van der Waals surface area (Å²) < 4.78 is 32.3. The van der Waals surface area contributed by atoms with Crippen LogP contribution < -0.4 is 0 Å². The first-order valence-corrected chi connectivity index (χ1v) is 11.8. The number of rotatable bonds is 7. The molecule has 0 radical (unpaired) electrons. The molecule has 1 aromatic carbocycles. The van der Waals surface area contributed by atoms with E-state index in [0.29, 0.717) is 31.7 Å². The van der Waals surface area contributed by atoms with Crippen LogP contribution in [0.25, 0.3) is 0 Å². The van der Waals surface area contributed by atoms with Gasteiger partial charge in [0.05, 0.1) is 10.5 Å². The minimum atomic E-state index is -3.69. The smallest absolute Gasteiger partial charge is 0.339 e. The van der Waals surface area contributed by atoms with Crippen molar-refractivity contribution in [1.29, 1.82) is 0 Å². The second kappa shape index (κ2) is 10.2. The lowest BCUT2D eigenvalue weighted by atomic mass is 10.1. The van der Waals surface area contributed by atoms with Crippen LogP contribution in [0.15, 0.2) is 23.1 Å². The normalized spacial score (nSPS) is 16.4. The molecule has 1 amide bonds. The van der Waals surface area contributed by atoms with Crippen molar-refractivity contribution < 1.29 is 22.7 Å². The van der Waals surface area contributed by atoms with Gasteiger partial charge in [-0.15, -0.1) is 0 Å². The number of esters is 1. The summed E-state index contributed by atoms with van der Waals surface area (Å²) in [6, 6.07) is 4.42. The molecule has 8 heteroatoms. The summed E-state index contributed by atoms with van der Waals surface area (Å²) in [6.07, 6.45) is 3.20. The molecule has 0 aliphatic carbocycles. The number of carbonyl (C=O) groups is 2. The third-order valence-electron chi connectivity index (χ3n) is 5.32. The van der Waals surface area contributed by atoms with E-state index in [1.165, 1.54) is 16.4 Å². The molecule has 1 aliphatic heterocycles. The molecule has 1 saturated heterocycles. The molecule has 162 valence electrons. The van der Waals surface area contributed by atoms with E-state index in [1.807, 2.05) is 0 Å². The van der Waals surface area contributed by atoms with E-state index in [0.717, 1.165) is 25.7 Å². The van der Waals surface area contributed by atoms with Gasteiger partial charge in [0.1, 0.15) is 0 Å². The summed E-state index contributed by atoms with van der Waals surface area (Å²) in [5.74, 6) is -0.889. The molecule has 0 spiro atoms. The third-order valence-corrected chi connectivity index (χ3v) is 7.37. The zero-order valence-corrected chi connectivity index (χ0v) is 18.6. The van der Waals surface area contributed by atoms with Gasteiger partial charge in [-0.25, -0.2) is 13.2 Å². The van der Waals surface area contributed by atoms with Crippen LogP contribution in [0, 0.1) is 6.92 Å². The standard InChI is InChI=1S/C21H32N2O5S/c1-5-23(6-2)29(26,27)18-12-11-16(3)19(15-18)21(25)28-17(4)20(24)22-13-9-7-8-10-14-22/h11-12,15,17H,5-10,13-14H2,1-4H3/t17-/m1/s1. The highest BCUT2D eigenvalue weighted by molar-refractivity contribution is 7.89. The average Bonchev–Trinajstić information content (AvgIpc) is 2.97. The van der Waals surface area contributed by atoms with Crippen LogP contribution >= 0.6 is 0 Å². The van der Waals surface area contributed by atoms with Crippen molar-refractivity contribution in [2.75, 3.05) is 26.2 Å². The second-order valence-corrected chi connectivity index (χ2v) is 9.29. The van der Waals surface area contributed by atoms with Crippen LogP contribution in [0.3, 0.4) is 0 Å².